The molecule has 1 unspecified atom stereocenters. The lowest BCUT2D eigenvalue weighted by atomic mass is 10.1. The van der Waals surface area contributed by atoms with Gasteiger partial charge in [0.25, 0.3) is 0 Å². The van der Waals surface area contributed by atoms with Crippen molar-refractivity contribution in [3.63, 3.8) is 0 Å². The van der Waals surface area contributed by atoms with Crippen molar-refractivity contribution >= 4 is 40.6 Å². The van der Waals surface area contributed by atoms with Crippen LogP contribution in [0.2, 0.25) is 4.34 Å². The molecule has 1 fully saturated rings. The minimum absolute atomic E-state index is 0.00630. The first-order valence-corrected chi connectivity index (χ1v) is 9.24. The molecule has 7 heteroatoms. The molecule has 1 aromatic carbocycles. The summed E-state index contributed by atoms with van der Waals surface area (Å²) in [5.74, 6) is 2.06. The Bertz CT molecular complexity index is 719. The third-order valence-corrected chi connectivity index (χ3v) is 6.31. The molecule has 1 aliphatic heterocycles. The van der Waals surface area contributed by atoms with Crippen LogP contribution in [-0.2, 0) is 11.3 Å². The molecular formula is C16H16ClNO3S2. The van der Waals surface area contributed by atoms with Gasteiger partial charge in [-0.05, 0) is 24.3 Å². The van der Waals surface area contributed by atoms with Crippen LogP contribution in [0.15, 0.2) is 30.3 Å². The molecule has 1 aromatic heterocycles. The highest BCUT2D eigenvalue weighted by molar-refractivity contribution is 8.00. The van der Waals surface area contributed by atoms with E-state index in [1.165, 1.54) is 11.3 Å². The fourth-order valence-corrected chi connectivity index (χ4v) is 4.97. The van der Waals surface area contributed by atoms with Gasteiger partial charge in [-0.3, -0.25) is 4.79 Å². The minimum Gasteiger partial charge on any atom is -0.497 e. The molecular weight excluding hydrogens is 354 g/mol. The summed E-state index contributed by atoms with van der Waals surface area (Å²) in [5.41, 5.74) is 0.955. The van der Waals surface area contributed by atoms with Gasteiger partial charge in [0.05, 0.1) is 30.9 Å². The van der Waals surface area contributed by atoms with E-state index < -0.39 is 0 Å². The van der Waals surface area contributed by atoms with Gasteiger partial charge in [0.15, 0.2) is 0 Å². The molecule has 0 spiro atoms. The van der Waals surface area contributed by atoms with Gasteiger partial charge in [0.2, 0.25) is 5.91 Å². The van der Waals surface area contributed by atoms with Gasteiger partial charge in [-0.25, -0.2) is 0 Å². The van der Waals surface area contributed by atoms with Gasteiger partial charge in [-0.15, -0.1) is 23.1 Å². The van der Waals surface area contributed by atoms with Gasteiger partial charge < -0.3 is 14.4 Å². The number of ether oxygens (including phenoxy) is 2. The zero-order chi connectivity index (χ0) is 16.4. The highest BCUT2D eigenvalue weighted by atomic mass is 35.5. The van der Waals surface area contributed by atoms with Crippen LogP contribution in [0, 0.1) is 0 Å². The summed E-state index contributed by atoms with van der Waals surface area (Å²) in [7, 11) is 3.24. The molecule has 0 aliphatic carbocycles. The second-order valence-corrected chi connectivity index (χ2v) is 7.82. The molecule has 0 bridgehead atoms. The molecule has 0 N–H and O–H groups in total. The number of nitrogens with zero attached hydrogens (tertiary/aromatic N) is 1. The SMILES string of the molecule is COc1ccc(CN2C(=O)CSC2c2ccc(Cl)s2)c(OC)c1. The maximum Gasteiger partial charge on any atom is 0.234 e. The first kappa shape index (κ1) is 16.5. The molecule has 1 aliphatic rings. The zero-order valence-corrected chi connectivity index (χ0v) is 15.1. The van der Waals surface area contributed by atoms with Crippen molar-refractivity contribution in [3.8, 4) is 11.5 Å². The predicted molar refractivity (Wildman–Crippen MR) is 94.6 cm³/mol. The van der Waals surface area contributed by atoms with Gasteiger partial charge in [-0.1, -0.05) is 11.6 Å². The third-order valence-electron chi connectivity index (χ3n) is 3.64. The molecule has 4 nitrogen and oxygen atoms in total. The number of carbonyl (C=O) groups excluding carboxylic acids is 1. The maximum atomic E-state index is 12.3. The van der Waals surface area contributed by atoms with E-state index in [0.717, 1.165) is 26.3 Å². The summed E-state index contributed by atoms with van der Waals surface area (Å²) < 4.78 is 11.4. The Balaban J connectivity index is 1.86. The van der Waals surface area contributed by atoms with E-state index in [0.29, 0.717) is 12.3 Å². The predicted octanol–water partition coefficient (Wildman–Crippen LogP) is 4.19. The summed E-state index contributed by atoms with van der Waals surface area (Å²) in [6, 6.07) is 9.51. The minimum atomic E-state index is 0.00630. The van der Waals surface area contributed by atoms with Crippen molar-refractivity contribution in [2.75, 3.05) is 20.0 Å². The molecule has 2 heterocycles. The second-order valence-electron chi connectivity index (χ2n) is 5.00. The van der Waals surface area contributed by atoms with Crippen LogP contribution < -0.4 is 9.47 Å². The molecule has 0 saturated carbocycles. The lowest BCUT2D eigenvalue weighted by molar-refractivity contribution is -0.128. The summed E-state index contributed by atoms with van der Waals surface area (Å²) in [4.78, 5) is 15.3. The van der Waals surface area contributed by atoms with Crippen molar-refractivity contribution in [2.24, 2.45) is 0 Å². The summed E-state index contributed by atoms with van der Waals surface area (Å²) in [6.45, 7) is 0.499. The number of amides is 1. The quantitative estimate of drug-likeness (QED) is 0.792. The molecule has 122 valence electrons. The van der Waals surface area contributed by atoms with Crippen molar-refractivity contribution in [1.29, 1.82) is 0 Å². The van der Waals surface area contributed by atoms with Crippen LogP contribution in [0.3, 0.4) is 0 Å². The van der Waals surface area contributed by atoms with Crippen molar-refractivity contribution < 1.29 is 14.3 Å². The molecule has 23 heavy (non-hydrogen) atoms. The van der Waals surface area contributed by atoms with Gasteiger partial charge in [0.1, 0.15) is 16.9 Å². The number of carbonyl (C=O) groups is 1. The Kier molecular flexibility index (Phi) is 5.04. The van der Waals surface area contributed by atoms with Gasteiger partial charge >= 0.3 is 0 Å². The lowest BCUT2D eigenvalue weighted by Gasteiger charge is -2.24. The molecule has 0 radical (unpaired) electrons. The van der Waals surface area contributed by atoms with Crippen LogP contribution in [0.5, 0.6) is 11.5 Å². The molecule has 1 saturated heterocycles. The van der Waals surface area contributed by atoms with E-state index in [9.17, 15) is 4.79 Å². The number of hydrogen-bond donors (Lipinski definition) is 0. The standard InChI is InChI=1S/C16H16ClNO3S2/c1-20-11-4-3-10(12(7-11)21-2)8-18-15(19)9-22-16(18)13-5-6-14(17)23-13/h3-7,16H,8-9H2,1-2H3. The smallest absolute Gasteiger partial charge is 0.234 e. The zero-order valence-electron chi connectivity index (χ0n) is 12.7. The van der Waals surface area contributed by atoms with Crippen molar-refractivity contribution in [1.82, 2.24) is 4.90 Å². The fraction of sp³-hybridized carbons (Fsp3) is 0.312. The molecule has 1 amide bonds. The number of halogens is 1. The Morgan fingerprint density at radius 2 is 2.09 bits per heavy atom. The second kappa shape index (κ2) is 7.03. The molecule has 1 atom stereocenters. The largest absolute Gasteiger partial charge is 0.497 e. The first-order valence-electron chi connectivity index (χ1n) is 6.99. The number of hydrogen-bond acceptors (Lipinski definition) is 5. The van der Waals surface area contributed by atoms with Crippen LogP contribution in [0.1, 0.15) is 15.8 Å². The van der Waals surface area contributed by atoms with E-state index in [1.54, 1.807) is 26.0 Å². The number of thioether (sulfide) groups is 1. The average molecular weight is 370 g/mol. The first-order chi connectivity index (χ1) is 11.1. The normalized spacial score (nSPS) is 17.6. The van der Waals surface area contributed by atoms with E-state index in [2.05, 4.69) is 0 Å². The van der Waals surface area contributed by atoms with Gasteiger partial charge in [0, 0.05) is 16.5 Å². The molecule has 3 rings (SSSR count). The molecule has 2 aromatic rings. The monoisotopic (exact) mass is 369 g/mol. The highest BCUT2D eigenvalue weighted by Crippen LogP contribution is 2.43. The van der Waals surface area contributed by atoms with Crippen LogP contribution in [0.4, 0.5) is 0 Å². The Morgan fingerprint density at radius 3 is 2.74 bits per heavy atom. The Hall–Kier alpha value is -1.37. The van der Waals surface area contributed by atoms with E-state index in [-0.39, 0.29) is 11.3 Å². The number of rotatable bonds is 5. The van der Waals surface area contributed by atoms with E-state index in [4.69, 9.17) is 21.1 Å². The summed E-state index contributed by atoms with van der Waals surface area (Å²) in [5, 5.41) is 0.00630. The van der Waals surface area contributed by atoms with Crippen LogP contribution in [-0.4, -0.2) is 30.8 Å². The van der Waals surface area contributed by atoms with E-state index >= 15 is 0 Å². The van der Waals surface area contributed by atoms with Crippen LogP contribution in [0.25, 0.3) is 0 Å². The number of benzene rings is 1. The van der Waals surface area contributed by atoms with Gasteiger partial charge in [-0.2, -0.15) is 0 Å². The number of methoxy groups -OCH3 is 2. The van der Waals surface area contributed by atoms with Crippen molar-refractivity contribution in [2.45, 2.75) is 11.9 Å². The highest BCUT2D eigenvalue weighted by Gasteiger charge is 2.34. The lowest BCUT2D eigenvalue weighted by Crippen LogP contribution is -2.27. The number of thiophene rings is 1. The Labute approximate surface area is 148 Å². The third kappa shape index (κ3) is 3.44. The average Bonchev–Trinajstić information content (AvgIpc) is 3.14. The topological polar surface area (TPSA) is 38.8 Å². The maximum absolute atomic E-state index is 12.3. The van der Waals surface area contributed by atoms with E-state index in [1.807, 2.05) is 35.2 Å². The van der Waals surface area contributed by atoms with Crippen LogP contribution >= 0.6 is 34.7 Å². The van der Waals surface area contributed by atoms with Crippen molar-refractivity contribution in [3.05, 3.63) is 45.1 Å². The fourth-order valence-electron chi connectivity index (χ4n) is 2.49. The summed E-state index contributed by atoms with van der Waals surface area (Å²) in [6.07, 6.45) is 0. The summed E-state index contributed by atoms with van der Waals surface area (Å²) >= 11 is 9.18. The Morgan fingerprint density at radius 1 is 1.26 bits per heavy atom.